The second kappa shape index (κ2) is 9.57. The summed E-state index contributed by atoms with van der Waals surface area (Å²) in [6.07, 6.45) is 0. The Bertz CT molecular complexity index is 1280. The van der Waals surface area contributed by atoms with E-state index in [0.29, 0.717) is 27.7 Å². The Balaban J connectivity index is 1.51. The number of esters is 1. The minimum atomic E-state index is -0.439. The second-order valence-corrected chi connectivity index (χ2v) is 7.75. The first kappa shape index (κ1) is 21.5. The number of benzene rings is 3. The maximum absolute atomic E-state index is 13.3. The van der Waals surface area contributed by atoms with Gasteiger partial charge < -0.3 is 10.1 Å². The monoisotopic (exact) mass is 447 g/mol. The zero-order valence-electron chi connectivity index (χ0n) is 17.0. The molecular weight excluding hydrogens is 429 g/mol. The molecule has 0 unspecified atom stereocenters. The second-order valence-electron chi connectivity index (χ2n) is 6.78. The van der Waals surface area contributed by atoms with Crippen molar-refractivity contribution < 1.29 is 18.7 Å². The normalized spacial score (nSPS) is 10.7. The van der Waals surface area contributed by atoms with E-state index in [2.05, 4.69) is 20.0 Å². The van der Waals surface area contributed by atoms with Gasteiger partial charge in [-0.15, -0.1) is 0 Å². The van der Waals surface area contributed by atoms with Gasteiger partial charge in [0.25, 0.3) is 0 Å². The van der Waals surface area contributed by atoms with Gasteiger partial charge in [0.1, 0.15) is 10.8 Å². The van der Waals surface area contributed by atoms with Crippen LogP contribution in [-0.2, 0) is 9.53 Å². The number of hydrogen-bond acceptors (Lipinski definition) is 6. The van der Waals surface area contributed by atoms with E-state index in [1.807, 2.05) is 24.3 Å². The van der Waals surface area contributed by atoms with Gasteiger partial charge >= 0.3 is 5.97 Å². The van der Waals surface area contributed by atoms with Crippen LogP contribution < -0.4 is 5.32 Å². The Morgan fingerprint density at radius 1 is 0.969 bits per heavy atom. The smallest absolute Gasteiger partial charge is 0.337 e. The zero-order valence-corrected chi connectivity index (χ0v) is 17.9. The quantitative estimate of drug-likeness (QED) is 0.256. The predicted octanol–water partition coefficient (Wildman–Crippen LogP) is 4.95. The summed E-state index contributed by atoms with van der Waals surface area (Å²) >= 11 is 1.29. The lowest BCUT2D eigenvalue weighted by atomic mass is 10.2. The lowest BCUT2D eigenvalue weighted by molar-refractivity contribution is -0.113. The third kappa shape index (κ3) is 4.92. The molecule has 0 aliphatic carbocycles. The number of hydrogen-bond donors (Lipinski definition) is 1. The minimum Gasteiger partial charge on any atom is -0.465 e. The van der Waals surface area contributed by atoms with E-state index >= 15 is 0 Å². The highest BCUT2D eigenvalue weighted by molar-refractivity contribution is 8.00. The van der Waals surface area contributed by atoms with Crippen molar-refractivity contribution in [3.63, 3.8) is 0 Å². The first-order valence-electron chi connectivity index (χ1n) is 9.67. The molecule has 32 heavy (non-hydrogen) atoms. The largest absolute Gasteiger partial charge is 0.465 e. The number of methoxy groups -OCH3 is 1. The van der Waals surface area contributed by atoms with Gasteiger partial charge in [-0.1, -0.05) is 30.0 Å². The Morgan fingerprint density at radius 3 is 2.41 bits per heavy atom. The van der Waals surface area contributed by atoms with E-state index in [4.69, 9.17) is 0 Å². The van der Waals surface area contributed by atoms with Crippen LogP contribution in [0.4, 0.5) is 10.1 Å². The number of carbonyl (C=O) groups excluding carboxylic acids is 2. The molecule has 0 saturated carbocycles. The first-order valence-corrected chi connectivity index (χ1v) is 10.7. The van der Waals surface area contributed by atoms with Gasteiger partial charge in [0.2, 0.25) is 5.91 Å². The fourth-order valence-electron chi connectivity index (χ4n) is 3.02. The molecule has 0 saturated heterocycles. The summed E-state index contributed by atoms with van der Waals surface area (Å²) in [6, 6.07) is 20.0. The zero-order chi connectivity index (χ0) is 22.5. The molecule has 0 aliphatic rings. The van der Waals surface area contributed by atoms with Crippen LogP contribution in [0.15, 0.2) is 77.8 Å². The van der Waals surface area contributed by atoms with Gasteiger partial charge in [-0.2, -0.15) is 0 Å². The van der Waals surface area contributed by atoms with Crippen molar-refractivity contribution >= 4 is 40.2 Å². The van der Waals surface area contributed by atoms with Crippen LogP contribution in [0.25, 0.3) is 22.3 Å². The summed E-state index contributed by atoms with van der Waals surface area (Å²) in [6.45, 7) is 0. The Labute approximate surface area is 187 Å². The fourth-order valence-corrected chi connectivity index (χ4v) is 3.84. The summed E-state index contributed by atoms with van der Waals surface area (Å²) in [7, 11) is 1.31. The van der Waals surface area contributed by atoms with Gasteiger partial charge in [-0.3, -0.25) is 4.79 Å². The molecule has 0 spiro atoms. The number of fused-ring (bicyclic) bond motifs is 1. The molecule has 1 N–H and O–H groups in total. The molecule has 0 bridgehead atoms. The highest BCUT2D eigenvalue weighted by Crippen LogP contribution is 2.28. The molecule has 4 aromatic rings. The van der Waals surface area contributed by atoms with Crippen LogP contribution in [-0.4, -0.2) is 34.7 Å². The number of carbonyl (C=O) groups is 2. The average molecular weight is 447 g/mol. The van der Waals surface area contributed by atoms with Gasteiger partial charge in [0.05, 0.1) is 23.9 Å². The maximum Gasteiger partial charge on any atom is 0.337 e. The molecule has 0 aliphatic heterocycles. The van der Waals surface area contributed by atoms with Gasteiger partial charge in [-0.05, 0) is 54.6 Å². The molecule has 6 nitrogen and oxygen atoms in total. The number of para-hydroxylation sites is 1. The number of anilines is 1. The van der Waals surface area contributed by atoms with E-state index in [1.54, 1.807) is 36.4 Å². The van der Waals surface area contributed by atoms with Gasteiger partial charge in [0.15, 0.2) is 5.82 Å². The van der Waals surface area contributed by atoms with E-state index in [9.17, 15) is 14.0 Å². The van der Waals surface area contributed by atoms with Crippen LogP contribution >= 0.6 is 11.8 Å². The molecule has 1 aromatic heterocycles. The number of rotatable bonds is 6. The molecule has 0 radical (unpaired) electrons. The Kier molecular flexibility index (Phi) is 6.42. The van der Waals surface area contributed by atoms with Crippen molar-refractivity contribution in [2.45, 2.75) is 5.03 Å². The standard InChI is InChI=1S/C24H18FN3O3S/c1-31-24(30)16-8-12-18(13-9-16)26-21(29)14-32-23-19-4-2-3-5-20(19)27-22(28-23)15-6-10-17(25)11-7-15/h2-13H,14H2,1H3,(H,26,29). The number of nitrogens with one attached hydrogen (secondary N) is 1. The topological polar surface area (TPSA) is 81.2 Å². The van der Waals surface area contributed by atoms with Gasteiger partial charge in [-0.25, -0.2) is 19.2 Å². The number of nitrogens with zero attached hydrogens (tertiary/aromatic N) is 2. The van der Waals surface area contributed by atoms with Crippen molar-refractivity contribution in [1.29, 1.82) is 0 Å². The van der Waals surface area contributed by atoms with Crippen molar-refractivity contribution in [2.24, 2.45) is 0 Å². The molecule has 1 heterocycles. The van der Waals surface area contributed by atoms with Crippen molar-refractivity contribution in [2.75, 3.05) is 18.2 Å². The summed E-state index contributed by atoms with van der Waals surface area (Å²) < 4.78 is 18.0. The summed E-state index contributed by atoms with van der Waals surface area (Å²) in [4.78, 5) is 33.2. The van der Waals surface area contributed by atoms with Crippen LogP contribution in [0.2, 0.25) is 0 Å². The van der Waals surface area contributed by atoms with Crippen LogP contribution in [0.1, 0.15) is 10.4 Å². The SMILES string of the molecule is COC(=O)c1ccc(NC(=O)CSc2nc(-c3ccc(F)cc3)nc3ccccc23)cc1. The lowest BCUT2D eigenvalue weighted by Crippen LogP contribution is -2.14. The first-order chi connectivity index (χ1) is 15.5. The molecular formula is C24H18FN3O3S. The highest BCUT2D eigenvalue weighted by atomic mass is 32.2. The number of amides is 1. The molecule has 4 rings (SSSR count). The minimum absolute atomic E-state index is 0.128. The summed E-state index contributed by atoms with van der Waals surface area (Å²) in [5.41, 5.74) is 2.40. The van der Waals surface area contributed by atoms with E-state index < -0.39 is 5.97 Å². The molecule has 0 atom stereocenters. The Hall–Kier alpha value is -3.78. The van der Waals surface area contributed by atoms with Crippen molar-refractivity contribution in [3.05, 3.63) is 84.2 Å². The van der Waals surface area contributed by atoms with E-state index in [1.165, 1.54) is 31.0 Å². The summed E-state index contributed by atoms with van der Waals surface area (Å²) in [5.74, 6) is -0.397. The fraction of sp³-hybridized carbons (Fsp3) is 0.0833. The molecule has 3 aromatic carbocycles. The third-order valence-electron chi connectivity index (χ3n) is 4.60. The maximum atomic E-state index is 13.3. The van der Waals surface area contributed by atoms with E-state index in [-0.39, 0.29) is 17.5 Å². The highest BCUT2D eigenvalue weighted by Gasteiger charge is 2.13. The van der Waals surface area contributed by atoms with Gasteiger partial charge in [0, 0.05) is 16.6 Å². The predicted molar refractivity (Wildman–Crippen MR) is 122 cm³/mol. The van der Waals surface area contributed by atoms with Crippen molar-refractivity contribution in [1.82, 2.24) is 9.97 Å². The molecule has 8 heteroatoms. The number of halogens is 1. The average Bonchev–Trinajstić information content (AvgIpc) is 2.82. The Morgan fingerprint density at radius 2 is 1.69 bits per heavy atom. The van der Waals surface area contributed by atoms with Crippen LogP contribution in [0.3, 0.4) is 0 Å². The number of ether oxygens (including phenoxy) is 1. The van der Waals surface area contributed by atoms with Crippen LogP contribution in [0, 0.1) is 5.82 Å². The third-order valence-corrected chi connectivity index (χ3v) is 5.59. The molecule has 160 valence electrons. The lowest BCUT2D eigenvalue weighted by Gasteiger charge is -2.09. The van der Waals surface area contributed by atoms with Crippen molar-refractivity contribution in [3.8, 4) is 11.4 Å². The molecule has 1 amide bonds. The van der Waals surface area contributed by atoms with Crippen LogP contribution in [0.5, 0.6) is 0 Å². The van der Waals surface area contributed by atoms with E-state index in [0.717, 1.165) is 10.9 Å². The summed E-state index contributed by atoms with van der Waals surface area (Å²) in [5, 5.41) is 4.29. The molecule has 0 fully saturated rings. The number of thioether (sulfide) groups is 1. The number of aromatic nitrogens is 2.